The number of hydrogen-bond donors (Lipinski definition) is 0. The molecule has 0 aliphatic heterocycles. The fourth-order valence-corrected chi connectivity index (χ4v) is 2.05. The Bertz CT molecular complexity index is 677. The third-order valence-electron chi connectivity index (χ3n) is 3.45. The summed E-state index contributed by atoms with van der Waals surface area (Å²) in [5.74, 6) is -0.395. The molecule has 0 aromatic carbocycles. The molecule has 0 saturated carbocycles. The molecule has 0 aliphatic carbocycles. The first-order valence-corrected chi connectivity index (χ1v) is 7.78. The van der Waals surface area contributed by atoms with Crippen LogP contribution in [0.2, 0.25) is 0 Å². The first-order valence-electron chi connectivity index (χ1n) is 7.78. The minimum atomic E-state index is -0.690. The van der Waals surface area contributed by atoms with Gasteiger partial charge in [0, 0.05) is 11.6 Å². The molecule has 2 aromatic rings. The third-order valence-corrected chi connectivity index (χ3v) is 3.45. The second-order valence-corrected chi connectivity index (χ2v) is 6.44. The number of hydrogen-bond acceptors (Lipinski definition) is 5. The summed E-state index contributed by atoms with van der Waals surface area (Å²) in [5.41, 5.74) is 0.917. The van der Waals surface area contributed by atoms with Crippen molar-refractivity contribution in [2.24, 2.45) is 5.41 Å². The summed E-state index contributed by atoms with van der Waals surface area (Å²) < 4.78 is 24.9. The molecule has 0 spiro atoms. The molecule has 24 heavy (non-hydrogen) atoms. The van der Waals surface area contributed by atoms with Crippen molar-refractivity contribution in [2.45, 2.75) is 40.3 Å². The van der Waals surface area contributed by atoms with Crippen LogP contribution in [0.4, 0.5) is 9.18 Å². The van der Waals surface area contributed by atoms with Gasteiger partial charge in [0.05, 0.1) is 25.0 Å². The van der Waals surface area contributed by atoms with E-state index < -0.39 is 18.1 Å². The van der Waals surface area contributed by atoms with Gasteiger partial charge in [0.15, 0.2) is 0 Å². The SMILES string of the molecule is CCOC(=O)OC(Cn1ccc(-c2ccc(F)cn2)n1)C(C)(C)C. The third kappa shape index (κ3) is 4.78. The Morgan fingerprint density at radius 3 is 2.62 bits per heavy atom. The molecular weight excluding hydrogens is 313 g/mol. The van der Waals surface area contributed by atoms with Crippen LogP contribution in [0.15, 0.2) is 30.6 Å². The molecule has 0 N–H and O–H groups in total. The van der Waals surface area contributed by atoms with Crippen LogP contribution in [0.25, 0.3) is 11.4 Å². The van der Waals surface area contributed by atoms with Crippen molar-refractivity contribution in [2.75, 3.05) is 6.61 Å². The molecule has 7 heteroatoms. The molecule has 0 radical (unpaired) electrons. The van der Waals surface area contributed by atoms with Crippen molar-refractivity contribution in [1.29, 1.82) is 0 Å². The first kappa shape index (κ1) is 17.9. The van der Waals surface area contributed by atoms with E-state index in [0.717, 1.165) is 6.20 Å². The monoisotopic (exact) mass is 335 g/mol. The van der Waals surface area contributed by atoms with Crippen LogP contribution in [0.5, 0.6) is 0 Å². The fraction of sp³-hybridized carbons (Fsp3) is 0.471. The van der Waals surface area contributed by atoms with Crippen molar-refractivity contribution in [3.05, 3.63) is 36.4 Å². The van der Waals surface area contributed by atoms with E-state index >= 15 is 0 Å². The summed E-state index contributed by atoms with van der Waals surface area (Å²) in [6.07, 6.45) is 1.82. The molecule has 6 nitrogen and oxygen atoms in total. The van der Waals surface area contributed by atoms with Gasteiger partial charge in [-0.25, -0.2) is 9.18 Å². The zero-order valence-corrected chi connectivity index (χ0v) is 14.3. The maximum Gasteiger partial charge on any atom is 0.508 e. The number of ether oxygens (including phenoxy) is 2. The predicted octanol–water partition coefficient (Wildman–Crippen LogP) is 3.67. The highest BCUT2D eigenvalue weighted by Gasteiger charge is 2.29. The molecule has 1 atom stereocenters. The Labute approximate surface area is 140 Å². The zero-order chi connectivity index (χ0) is 17.7. The Morgan fingerprint density at radius 2 is 2.04 bits per heavy atom. The second-order valence-electron chi connectivity index (χ2n) is 6.44. The van der Waals surface area contributed by atoms with Crippen LogP contribution in [0.1, 0.15) is 27.7 Å². The quantitative estimate of drug-likeness (QED) is 0.780. The lowest BCUT2D eigenvalue weighted by Gasteiger charge is -2.29. The molecule has 2 aromatic heterocycles. The van der Waals surface area contributed by atoms with Gasteiger partial charge < -0.3 is 9.47 Å². The lowest BCUT2D eigenvalue weighted by Crippen LogP contribution is -2.36. The van der Waals surface area contributed by atoms with E-state index in [0.29, 0.717) is 17.9 Å². The molecule has 0 bridgehead atoms. The Kier molecular flexibility index (Phi) is 5.54. The summed E-state index contributed by atoms with van der Waals surface area (Å²) in [4.78, 5) is 15.6. The molecule has 0 amide bonds. The summed E-state index contributed by atoms with van der Waals surface area (Å²) >= 11 is 0. The average Bonchev–Trinajstić information content (AvgIpc) is 2.95. The van der Waals surface area contributed by atoms with Gasteiger partial charge in [0.25, 0.3) is 0 Å². The Hall–Kier alpha value is -2.44. The average molecular weight is 335 g/mol. The van der Waals surface area contributed by atoms with Crippen LogP contribution in [-0.2, 0) is 16.0 Å². The van der Waals surface area contributed by atoms with Gasteiger partial charge in [-0.15, -0.1) is 0 Å². The molecular formula is C17H22FN3O3. The number of carbonyl (C=O) groups is 1. The van der Waals surface area contributed by atoms with Crippen molar-refractivity contribution in [3.63, 3.8) is 0 Å². The molecule has 2 rings (SSSR count). The van der Waals surface area contributed by atoms with Crippen molar-refractivity contribution in [3.8, 4) is 11.4 Å². The summed E-state index contributed by atoms with van der Waals surface area (Å²) in [7, 11) is 0. The van der Waals surface area contributed by atoms with E-state index in [1.54, 1.807) is 29.9 Å². The van der Waals surface area contributed by atoms with Crippen LogP contribution in [0, 0.1) is 11.2 Å². The maximum atomic E-state index is 12.9. The highest BCUT2D eigenvalue weighted by molar-refractivity contribution is 5.60. The molecule has 2 heterocycles. The molecule has 0 fully saturated rings. The second kappa shape index (κ2) is 7.42. The maximum absolute atomic E-state index is 12.9. The fourth-order valence-electron chi connectivity index (χ4n) is 2.05. The first-order chi connectivity index (χ1) is 11.3. The Balaban J connectivity index is 2.12. The van der Waals surface area contributed by atoms with E-state index in [-0.39, 0.29) is 12.0 Å². The molecule has 1 unspecified atom stereocenters. The number of carbonyl (C=O) groups excluding carboxylic acids is 1. The van der Waals surface area contributed by atoms with E-state index in [2.05, 4.69) is 10.1 Å². The van der Waals surface area contributed by atoms with E-state index in [1.165, 1.54) is 6.07 Å². The zero-order valence-electron chi connectivity index (χ0n) is 14.3. The summed E-state index contributed by atoms with van der Waals surface area (Å²) in [6.45, 7) is 8.29. The number of nitrogens with zero attached hydrogens (tertiary/aromatic N) is 3. The van der Waals surface area contributed by atoms with Gasteiger partial charge in [-0.1, -0.05) is 20.8 Å². The minimum absolute atomic E-state index is 0.262. The van der Waals surface area contributed by atoms with E-state index in [9.17, 15) is 9.18 Å². The van der Waals surface area contributed by atoms with Gasteiger partial charge >= 0.3 is 6.16 Å². The van der Waals surface area contributed by atoms with Gasteiger partial charge in [0.2, 0.25) is 0 Å². The summed E-state index contributed by atoms with van der Waals surface area (Å²) in [6, 6.07) is 4.69. The molecule has 0 aliphatic rings. The Morgan fingerprint density at radius 1 is 1.29 bits per heavy atom. The highest BCUT2D eigenvalue weighted by Crippen LogP contribution is 2.25. The van der Waals surface area contributed by atoms with Crippen LogP contribution in [-0.4, -0.2) is 33.6 Å². The standard InChI is InChI=1S/C17H22FN3O3/c1-5-23-16(22)24-15(17(2,3)4)11-21-9-8-14(20-21)13-7-6-12(18)10-19-13/h6-10,15H,5,11H2,1-4H3. The predicted molar refractivity (Wildman–Crippen MR) is 86.8 cm³/mol. The minimum Gasteiger partial charge on any atom is -0.435 e. The van der Waals surface area contributed by atoms with Crippen LogP contribution in [0.3, 0.4) is 0 Å². The topological polar surface area (TPSA) is 66.2 Å². The van der Waals surface area contributed by atoms with Gasteiger partial charge in [-0.05, 0) is 25.1 Å². The van der Waals surface area contributed by atoms with Crippen molar-refractivity contribution < 1.29 is 18.7 Å². The highest BCUT2D eigenvalue weighted by atomic mass is 19.1. The van der Waals surface area contributed by atoms with Crippen molar-refractivity contribution >= 4 is 6.16 Å². The van der Waals surface area contributed by atoms with Gasteiger partial charge in [-0.3, -0.25) is 9.67 Å². The normalized spacial score (nSPS) is 12.7. The lowest BCUT2D eigenvalue weighted by molar-refractivity contribution is -0.0240. The van der Waals surface area contributed by atoms with Crippen LogP contribution >= 0.6 is 0 Å². The summed E-state index contributed by atoms with van der Waals surface area (Å²) in [5, 5.41) is 4.42. The van der Waals surface area contributed by atoms with Gasteiger partial charge in [-0.2, -0.15) is 5.10 Å². The van der Waals surface area contributed by atoms with E-state index in [4.69, 9.17) is 9.47 Å². The number of pyridine rings is 1. The molecule has 0 saturated heterocycles. The van der Waals surface area contributed by atoms with Gasteiger partial charge in [0.1, 0.15) is 17.6 Å². The smallest absolute Gasteiger partial charge is 0.435 e. The molecule has 130 valence electrons. The lowest BCUT2D eigenvalue weighted by atomic mass is 9.89. The van der Waals surface area contributed by atoms with E-state index in [1.807, 2.05) is 20.8 Å². The van der Waals surface area contributed by atoms with Crippen molar-refractivity contribution in [1.82, 2.24) is 14.8 Å². The largest absolute Gasteiger partial charge is 0.508 e. The number of rotatable bonds is 5. The van der Waals surface area contributed by atoms with Crippen LogP contribution < -0.4 is 0 Å². The number of aromatic nitrogens is 3. The number of halogens is 1.